The highest BCUT2D eigenvalue weighted by Crippen LogP contribution is 2.35. The first-order valence-corrected chi connectivity index (χ1v) is 7.27. The quantitative estimate of drug-likeness (QED) is 0.776. The molecule has 1 N–H and O–H groups in total. The van der Waals surface area contributed by atoms with E-state index in [0.717, 1.165) is 6.54 Å². The minimum Gasteiger partial charge on any atom is -0.310 e. The molecule has 1 heteroatoms. The lowest BCUT2D eigenvalue weighted by Gasteiger charge is -2.35. The second kappa shape index (κ2) is 6.94. The van der Waals surface area contributed by atoms with Crippen molar-refractivity contribution in [3.05, 3.63) is 35.4 Å². The van der Waals surface area contributed by atoms with Crippen LogP contribution in [0.15, 0.2) is 24.3 Å². The fourth-order valence-electron chi connectivity index (χ4n) is 3.15. The van der Waals surface area contributed by atoms with Crippen molar-refractivity contribution in [3.8, 4) is 0 Å². The van der Waals surface area contributed by atoms with Crippen LogP contribution in [0.25, 0.3) is 0 Å². The molecule has 1 nitrogen and oxygen atoms in total. The Morgan fingerprint density at radius 1 is 1.00 bits per heavy atom. The fourth-order valence-corrected chi connectivity index (χ4v) is 3.15. The average molecular weight is 247 g/mol. The SMILES string of the molecule is CCNC(c1ccccc1C)C(C(C)C)C(C)C. The summed E-state index contributed by atoms with van der Waals surface area (Å²) in [6.07, 6.45) is 0. The van der Waals surface area contributed by atoms with E-state index in [1.165, 1.54) is 11.1 Å². The van der Waals surface area contributed by atoms with Gasteiger partial charge in [0.1, 0.15) is 0 Å². The van der Waals surface area contributed by atoms with Crippen LogP contribution in [-0.2, 0) is 0 Å². The average Bonchev–Trinajstić information content (AvgIpc) is 2.28. The zero-order valence-electron chi connectivity index (χ0n) is 12.8. The molecule has 0 saturated carbocycles. The summed E-state index contributed by atoms with van der Waals surface area (Å²) >= 11 is 0. The lowest BCUT2D eigenvalue weighted by Crippen LogP contribution is -2.34. The summed E-state index contributed by atoms with van der Waals surface area (Å²) in [7, 11) is 0. The third-order valence-electron chi connectivity index (χ3n) is 3.87. The Labute approximate surface area is 113 Å². The Bertz CT molecular complexity index is 346. The van der Waals surface area contributed by atoms with Crippen LogP contribution in [0.5, 0.6) is 0 Å². The van der Waals surface area contributed by atoms with Gasteiger partial charge in [-0.2, -0.15) is 0 Å². The molecule has 0 bridgehead atoms. The van der Waals surface area contributed by atoms with Gasteiger partial charge in [0.05, 0.1) is 0 Å². The van der Waals surface area contributed by atoms with Crippen LogP contribution >= 0.6 is 0 Å². The molecule has 0 heterocycles. The number of rotatable bonds is 6. The fraction of sp³-hybridized carbons (Fsp3) is 0.647. The first-order valence-electron chi connectivity index (χ1n) is 7.27. The monoisotopic (exact) mass is 247 g/mol. The molecule has 0 spiro atoms. The maximum atomic E-state index is 3.70. The molecular formula is C17H29N. The van der Waals surface area contributed by atoms with Crippen LogP contribution < -0.4 is 5.32 Å². The predicted molar refractivity (Wildman–Crippen MR) is 80.8 cm³/mol. The number of hydrogen-bond acceptors (Lipinski definition) is 1. The molecule has 1 rings (SSSR count). The molecule has 0 fully saturated rings. The lowest BCUT2D eigenvalue weighted by molar-refractivity contribution is 0.211. The zero-order valence-corrected chi connectivity index (χ0v) is 12.8. The molecule has 102 valence electrons. The summed E-state index contributed by atoms with van der Waals surface area (Å²) < 4.78 is 0. The van der Waals surface area contributed by atoms with E-state index in [1.54, 1.807) is 0 Å². The normalized spacial score (nSPS) is 13.6. The van der Waals surface area contributed by atoms with Crippen molar-refractivity contribution in [2.24, 2.45) is 17.8 Å². The maximum absolute atomic E-state index is 3.70. The van der Waals surface area contributed by atoms with Gasteiger partial charge in [-0.1, -0.05) is 58.9 Å². The molecule has 1 aromatic carbocycles. The number of benzene rings is 1. The highest BCUT2D eigenvalue weighted by atomic mass is 14.9. The van der Waals surface area contributed by atoms with Gasteiger partial charge < -0.3 is 5.32 Å². The minimum absolute atomic E-state index is 0.469. The molecule has 0 aromatic heterocycles. The summed E-state index contributed by atoms with van der Waals surface area (Å²) in [5, 5.41) is 3.70. The molecule has 18 heavy (non-hydrogen) atoms. The van der Waals surface area contributed by atoms with Crippen molar-refractivity contribution in [3.63, 3.8) is 0 Å². The van der Waals surface area contributed by atoms with Crippen molar-refractivity contribution in [1.82, 2.24) is 5.32 Å². The van der Waals surface area contributed by atoms with E-state index in [-0.39, 0.29) is 0 Å². The second-order valence-corrected chi connectivity index (χ2v) is 5.96. The van der Waals surface area contributed by atoms with Crippen molar-refractivity contribution in [2.45, 2.75) is 47.6 Å². The standard InChI is InChI=1S/C17H29N/c1-7-18-17(16(12(2)3)13(4)5)15-11-9-8-10-14(15)6/h8-13,16-18H,7H2,1-6H3. The Morgan fingerprint density at radius 2 is 1.56 bits per heavy atom. The maximum Gasteiger partial charge on any atom is 0.0356 e. The molecule has 0 aliphatic heterocycles. The van der Waals surface area contributed by atoms with Gasteiger partial charge in [0.25, 0.3) is 0 Å². The second-order valence-electron chi connectivity index (χ2n) is 5.96. The van der Waals surface area contributed by atoms with Gasteiger partial charge in [-0.15, -0.1) is 0 Å². The number of aryl methyl sites for hydroxylation is 1. The van der Waals surface area contributed by atoms with Crippen molar-refractivity contribution in [1.29, 1.82) is 0 Å². The van der Waals surface area contributed by atoms with Gasteiger partial charge in [-0.3, -0.25) is 0 Å². The Morgan fingerprint density at radius 3 is 2.00 bits per heavy atom. The van der Waals surface area contributed by atoms with E-state index in [4.69, 9.17) is 0 Å². The minimum atomic E-state index is 0.469. The molecule has 1 atom stereocenters. The first-order chi connectivity index (χ1) is 8.49. The highest BCUT2D eigenvalue weighted by Gasteiger charge is 2.28. The largest absolute Gasteiger partial charge is 0.310 e. The van der Waals surface area contributed by atoms with E-state index in [2.05, 4.69) is 71.1 Å². The number of hydrogen-bond donors (Lipinski definition) is 1. The van der Waals surface area contributed by atoms with Gasteiger partial charge in [-0.05, 0) is 42.3 Å². The van der Waals surface area contributed by atoms with Gasteiger partial charge in [0, 0.05) is 6.04 Å². The van der Waals surface area contributed by atoms with Gasteiger partial charge in [0.15, 0.2) is 0 Å². The van der Waals surface area contributed by atoms with Crippen LogP contribution in [0.3, 0.4) is 0 Å². The van der Waals surface area contributed by atoms with Crippen LogP contribution in [0.1, 0.15) is 51.8 Å². The van der Waals surface area contributed by atoms with Crippen LogP contribution in [-0.4, -0.2) is 6.54 Å². The van der Waals surface area contributed by atoms with Crippen molar-refractivity contribution >= 4 is 0 Å². The van der Waals surface area contributed by atoms with E-state index >= 15 is 0 Å². The third kappa shape index (κ3) is 3.58. The highest BCUT2D eigenvalue weighted by molar-refractivity contribution is 5.29. The van der Waals surface area contributed by atoms with E-state index in [9.17, 15) is 0 Å². The van der Waals surface area contributed by atoms with E-state index < -0.39 is 0 Å². The van der Waals surface area contributed by atoms with E-state index in [0.29, 0.717) is 23.8 Å². The summed E-state index contributed by atoms with van der Waals surface area (Å²) in [6, 6.07) is 9.25. The summed E-state index contributed by atoms with van der Waals surface area (Å²) in [5.41, 5.74) is 2.86. The molecule has 0 amide bonds. The summed E-state index contributed by atoms with van der Waals surface area (Å²) in [5.74, 6) is 2.05. The molecule has 1 aromatic rings. The summed E-state index contributed by atoms with van der Waals surface area (Å²) in [4.78, 5) is 0. The molecule has 1 unspecified atom stereocenters. The van der Waals surface area contributed by atoms with Crippen LogP contribution in [0, 0.1) is 24.7 Å². The van der Waals surface area contributed by atoms with E-state index in [1.807, 2.05) is 0 Å². The van der Waals surface area contributed by atoms with Gasteiger partial charge in [0.2, 0.25) is 0 Å². The van der Waals surface area contributed by atoms with Crippen LogP contribution in [0.2, 0.25) is 0 Å². The summed E-state index contributed by atoms with van der Waals surface area (Å²) in [6.45, 7) is 14.8. The number of nitrogens with one attached hydrogen (secondary N) is 1. The molecular weight excluding hydrogens is 218 g/mol. The Balaban J connectivity index is 3.12. The zero-order chi connectivity index (χ0) is 13.7. The predicted octanol–water partition coefficient (Wildman–Crippen LogP) is 4.57. The molecule has 0 saturated heterocycles. The lowest BCUT2D eigenvalue weighted by atomic mass is 9.76. The molecule has 0 radical (unpaired) electrons. The first kappa shape index (κ1) is 15.2. The van der Waals surface area contributed by atoms with Crippen molar-refractivity contribution < 1.29 is 0 Å². The topological polar surface area (TPSA) is 12.0 Å². The third-order valence-corrected chi connectivity index (χ3v) is 3.87. The smallest absolute Gasteiger partial charge is 0.0356 e. The molecule has 0 aliphatic rings. The Kier molecular flexibility index (Phi) is 5.87. The van der Waals surface area contributed by atoms with Gasteiger partial charge in [-0.25, -0.2) is 0 Å². The van der Waals surface area contributed by atoms with Crippen LogP contribution in [0.4, 0.5) is 0 Å². The Hall–Kier alpha value is -0.820. The molecule has 0 aliphatic carbocycles. The van der Waals surface area contributed by atoms with Crippen molar-refractivity contribution in [2.75, 3.05) is 6.54 Å². The van der Waals surface area contributed by atoms with Gasteiger partial charge >= 0.3 is 0 Å².